The smallest absolute Gasteiger partial charge is 0.280 e. The Kier molecular flexibility index (Phi) is 7.25. The number of carbonyl (C=O) groups excluding carboxylic acids is 1. The van der Waals surface area contributed by atoms with Crippen LogP contribution in [0.5, 0.6) is 0 Å². The number of nitrogen functional groups attached to an aromatic ring is 2. The van der Waals surface area contributed by atoms with Gasteiger partial charge in [0.1, 0.15) is 0 Å². The second kappa shape index (κ2) is 9.90. The molecular weight excluding hydrogens is 444 g/mol. The Morgan fingerprint density at radius 1 is 1.19 bits per heavy atom. The summed E-state index contributed by atoms with van der Waals surface area (Å²) in [7, 11) is -3.40. The lowest BCUT2D eigenvalue weighted by Gasteiger charge is -2.13. The number of nitrogens with two attached hydrogens (primary N) is 2. The number of aliphatic imine (C=N–C) groups is 1. The van der Waals surface area contributed by atoms with Gasteiger partial charge in [-0.05, 0) is 18.4 Å². The molecule has 1 unspecified atom stereocenters. The van der Waals surface area contributed by atoms with Gasteiger partial charge in [-0.25, -0.2) is 23.1 Å². The molecule has 1 aromatic heterocycles. The van der Waals surface area contributed by atoms with E-state index in [-0.39, 0.29) is 40.2 Å². The number of anilines is 2. The summed E-state index contributed by atoms with van der Waals surface area (Å²) in [6.45, 7) is 0.751. The van der Waals surface area contributed by atoms with Crippen LogP contribution in [-0.4, -0.2) is 49.4 Å². The van der Waals surface area contributed by atoms with E-state index < -0.39 is 15.9 Å². The van der Waals surface area contributed by atoms with E-state index >= 15 is 0 Å². The standard InChI is InChI=1S/C18H23ClN8O3S/c19-14-16(21)26-15(20)13(25-14)17(28)27-18-22-9-12(24-18)7-4-8-23-31(29,30)10-11-5-2-1-3-6-11/h1-3,5-6,12,23H,4,7-10H2,(H4,20,21,26)(H2,22,24,27,28). The predicted molar refractivity (Wildman–Crippen MR) is 119 cm³/mol. The highest BCUT2D eigenvalue weighted by molar-refractivity contribution is 7.88. The molecule has 1 aliphatic heterocycles. The molecule has 13 heteroatoms. The summed E-state index contributed by atoms with van der Waals surface area (Å²) in [6, 6.07) is 8.95. The Labute approximate surface area is 184 Å². The van der Waals surface area contributed by atoms with Gasteiger partial charge in [0.2, 0.25) is 10.0 Å². The maximum Gasteiger partial charge on any atom is 0.280 e. The number of aromatic nitrogens is 2. The van der Waals surface area contributed by atoms with Crippen molar-refractivity contribution in [3.63, 3.8) is 0 Å². The number of hydrogen-bond donors (Lipinski definition) is 5. The fourth-order valence-corrected chi connectivity index (χ4v) is 4.24. The van der Waals surface area contributed by atoms with Gasteiger partial charge in [-0.15, -0.1) is 0 Å². The highest BCUT2D eigenvalue weighted by Crippen LogP contribution is 2.17. The summed E-state index contributed by atoms with van der Waals surface area (Å²) in [6.07, 6.45) is 1.26. The molecular formula is C18H23ClN8O3S. The Morgan fingerprint density at radius 3 is 2.68 bits per heavy atom. The lowest BCUT2D eigenvalue weighted by molar-refractivity contribution is 0.0972. The zero-order chi connectivity index (χ0) is 22.4. The maximum absolute atomic E-state index is 12.3. The molecule has 0 radical (unpaired) electrons. The van der Waals surface area contributed by atoms with Crippen molar-refractivity contribution in [1.82, 2.24) is 25.3 Å². The van der Waals surface area contributed by atoms with Crippen LogP contribution in [-0.2, 0) is 15.8 Å². The second-order valence-corrected chi connectivity index (χ2v) is 9.06. The summed E-state index contributed by atoms with van der Waals surface area (Å²) in [5.41, 5.74) is 11.7. The summed E-state index contributed by atoms with van der Waals surface area (Å²) in [5.74, 6) is -0.610. The van der Waals surface area contributed by atoms with Crippen LogP contribution in [0.4, 0.5) is 11.6 Å². The average Bonchev–Trinajstić information content (AvgIpc) is 3.15. The number of sulfonamides is 1. The van der Waals surface area contributed by atoms with E-state index in [1.807, 2.05) is 6.07 Å². The Hall–Kier alpha value is -2.96. The zero-order valence-electron chi connectivity index (χ0n) is 16.5. The Balaban J connectivity index is 1.40. The molecule has 2 aromatic rings. The molecule has 1 aromatic carbocycles. The first-order valence-corrected chi connectivity index (χ1v) is 11.5. The molecule has 0 saturated carbocycles. The van der Waals surface area contributed by atoms with Crippen molar-refractivity contribution in [3.05, 3.63) is 46.7 Å². The number of carbonyl (C=O) groups is 1. The summed E-state index contributed by atoms with van der Waals surface area (Å²) < 4.78 is 26.9. The summed E-state index contributed by atoms with van der Waals surface area (Å²) >= 11 is 5.79. The van der Waals surface area contributed by atoms with Gasteiger partial charge in [0, 0.05) is 12.6 Å². The fourth-order valence-electron chi connectivity index (χ4n) is 2.92. The molecule has 1 atom stereocenters. The van der Waals surface area contributed by atoms with Gasteiger partial charge in [-0.2, -0.15) is 0 Å². The topological polar surface area (TPSA) is 177 Å². The van der Waals surface area contributed by atoms with Crippen molar-refractivity contribution in [2.75, 3.05) is 24.6 Å². The maximum atomic E-state index is 12.3. The molecule has 1 amide bonds. The zero-order valence-corrected chi connectivity index (χ0v) is 18.1. The molecule has 1 aliphatic rings. The number of benzene rings is 1. The third kappa shape index (κ3) is 6.51. The Bertz CT molecular complexity index is 1080. The molecule has 31 heavy (non-hydrogen) atoms. The number of amides is 1. The molecule has 0 saturated heterocycles. The minimum atomic E-state index is -3.40. The Morgan fingerprint density at radius 2 is 1.94 bits per heavy atom. The quantitative estimate of drug-likeness (QED) is 0.343. The first-order valence-electron chi connectivity index (χ1n) is 9.45. The molecule has 166 valence electrons. The minimum absolute atomic E-state index is 0.0348. The lowest BCUT2D eigenvalue weighted by atomic mass is 10.2. The summed E-state index contributed by atoms with van der Waals surface area (Å²) in [5, 5.41) is 5.51. The second-order valence-electron chi connectivity index (χ2n) is 6.90. The molecule has 0 bridgehead atoms. The average molecular weight is 467 g/mol. The van der Waals surface area contributed by atoms with Gasteiger partial charge < -0.3 is 16.8 Å². The molecule has 0 fully saturated rings. The lowest BCUT2D eigenvalue weighted by Crippen LogP contribution is -2.42. The predicted octanol–water partition coefficient (Wildman–Crippen LogP) is 0.252. The van der Waals surface area contributed by atoms with Gasteiger partial charge in [-0.1, -0.05) is 41.9 Å². The van der Waals surface area contributed by atoms with E-state index in [1.54, 1.807) is 24.3 Å². The monoisotopic (exact) mass is 466 g/mol. The van der Waals surface area contributed by atoms with Crippen molar-refractivity contribution in [1.29, 1.82) is 0 Å². The molecule has 3 rings (SSSR count). The van der Waals surface area contributed by atoms with Gasteiger partial charge in [0.05, 0.1) is 12.3 Å². The van der Waals surface area contributed by atoms with E-state index in [9.17, 15) is 13.2 Å². The largest absolute Gasteiger partial charge is 0.382 e. The molecule has 0 aliphatic carbocycles. The number of nitrogens with zero attached hydrogens (tertiary/aromatic N) is 3. The number of rotatable bonds is 8. The number of halogens is 1. The van der Waals surface area contributed by atoms with Crippen molar-refractivity contribution in [2.24, 2.45) is 4.99 Å². The van der Waals surface area contributed by atoms with Crippen LogP contribution in [0.1, 0.15) is 28.9 Å². The molecule has 2 heterocycles. The third-order valence-corrected chi connectivity index (χ3v) is 6.05. The number of nitrogens with one attached hydrogen (secondary N) is 3. The summed E-state index contributed by atoms with van der Waals surface area (Å²) in [4.78, 5) is 24.1. The van der Waals surface area contributed by atoms with Gasteiger partial charge >= 0.3 is 0 Å². The van der Waals surface area contributed by atoms with Gasteiger partial charge in [0.15, 0.2) is 28.4 Å². The van der Waals surface area contributed by atoms with Crippen LogP contribution in [0, 0.1) is 0 Å². The van der Waals surface area contributed by atoms with Crippen molar-refractivity contribution in [3.8, 4) is 0 Å². The van der Waals surface area contributed by atoms with E-state index in [1.165, 1.54) is 0 Å². The van der Waals surface area contributed by atoms with E-state index in [2.05, 4.69) is 30.3 Å². The van der Waals surface area contributed by atoms with Crippen LogP contribution < -0.4 is 26.8 Å². The van der Waals surface area contributed by atoms with E-state index in [0.29, 0.717) is 25.9 Å². The van der Waals surface area contributed by atoms with Crippen molar-refractivity contribution >= 4 is 45.1 Å². The fraction of sp³-hybridized carbons (Fsp3) is 0.333. The van der Waals surface area contributed by atoms with Crippen molar-refractivity contribution in [2.45, 2.75) is 24.6 Å². The highest BCUT2D eigenvalue weighted by atomic mass is 35.5. The van der Waals surface area contributed by atoms with Crippen LogP contribution >= 0.6 is 11.6 Å². The molecule has 11 nitrogen and oxygen atoms in total. The third-order valence-electron chi connectivity index (χ3n) is 4.41. The number of hydrogen-bond acceptors (Lipinski definition) is 9. The normalized spacial score (nSPS) is 15.9. The van der Waals surface area contributed by atoms with Crippen molar-refractivity contribution < 1.29 is 13.2 Å². The van der Waals surface area contributed by atoms with Crippen LogP contribution in [0.2, 0.25) is 5.15 Å². The molecule has 7 N–H and O–H groups in total. The molecule has 0 spiro atoms. The van der Waals surface area contributed by atoms with E-state index in [0.717, 1.165) is 5.56 Å². The van der Waals surface area contributed by atoms with E-state index in [4.69, 9.17) is 23.1 Å². The first kappa shape index (κ1) is 22.7. The van der Waals surface area contributed by atoms with Crippen LogP contribution in [0.15, 0.2) is 35.3 Å². The highest BCUT2D eigenvalue weighted by Gasteiger charge is 2.22. The SMILES string of the molecule is Nc1nc(N)c(C(=O)NC2=NCC(CCCNS(=O)(=O)Cc3ccccc3)N2)nc1Cl. The van der Waals surface area contributed by atoms with Crippen LogP contribution in [0.25, 0.3) is 0 Å². The number of guanidine groups is 1. The minimum Gasteiger partial charge on any atom is -0.382 e. The van der Waals surface area contributed by atoms with Crippen LogP contribution in [0.3, 0.4) is 0 Å². The first-order chi connectivity index (χ1) is 14.7. The van der Waals surface area contributed by atoms with Gasteiger partial charge in [-0.3, -0.25) is 15.1 Å². The van der Waals surface area contributed by atoms with Gasteiger partial charge in [0.25, 0.3) is 5.91 Å².